The summed E-state index contributed by atoms with van der Waals surface area (Å²) in [4.78, 5) is 30.7. The molecule has 1 fully saturated rings. The molecule has 25 heavy (non-hydrogen) atoms. The van der Waals surface area contributed by atoms with Crippen LogP contribution in [0.1, 0.15) is 25.3 Å². The molecule has 1 aliphatic rings. The zero-order chi connectivity index (χ0) is 18.0. The van der Waals surface area contributed by atoms with Gasteiger partial charge in [0.15, 0.2) is 0 Å². The molecule has 6 nitrogen and oxygen atoms in total. The van der Waals surface area contributed by atoms with Gasteiger partial charge in [-0.25, -0.2) is 4.79 Å². The van der Waals surface area contributed by atoms with Gasteiger partial charge in [0, 0.05) is 55.7 Å². The largest absolute Gasteiger partial charge is 0.361 e. The number of hydrogen-bond donors (Lipinski definition) is 2. The minimum atomic E-state index is -0.155. The third-order valence-corrected chi connectivity index (χ3v) is 5.21. The lowest BCUT2D eigenvalue weighted by Gasteiger charge is -2.37. The van der Waals surface area contributed by atoms with Crippen LogP contribution < -0.4 is 5.32 Å². The van der Waals surface area contributed by atoms with Crippen molar-refractivity contribution < 1.29 is 9.59 Å². The van der Waals surface area contributed by atoms with Gasteiger partial charge in [-0.15, -0.1) is 0 Å². The van der Waals surface area contributed by atoms with Crippen LogP contribution in [0.25, 0.3) is 10.9 Å². The van der Waals surface area contributed by atoms with Crippen LogP contribution in [-0.2, 0) is 11.3 Å². The van der Waals surface area contributed by atoms with Crippen molar-refractivity contribution in [2.45, 2.75) is 32.4 Å². The first-order chi connectivity index (χ1) is 12.0. The number of carbonyl (C=O) groups is 2. The van der Waals surface area contributed by atoms with E-state index in [1.807, 2.05) is 24.4 Å². The van der Waals surface area contributed by atoms with Crippen molar-refractivity contribution >= 4 is 34.4 Å². The smallest absolute Gasteiger partial charge is 0.317 e. The molecule has 3 amide bonds. The highest BCUT2D eigenvalue weighted by atomic mass is 35.5. The number of aromatic amines is 1. The summed E-state index contributed by atoms with van der Waals surface area (Å²) < 4.78 is 0. The molecule has 1 saturated heterocycles. The first-order valence-corrected chi connectivity index (χ1v) is 8.85. The molecule has 1 aromatic heterocycles. The average molecular weight is 363 g/mol. The number of H-pyrrole nitrogens is 1. The fraction of sp³-hybridized carbons (Fsp3) is 0.444. The van der Waals surface area contributed by atoms with E-state index in [0.29, 0.717) is 18.1 Å². The van der Waals surface area contributed by atoms with Crippen molar-refractivity contribution in [2.75, 3.05) is 20.1 Å². The molecule has 2 heterocycles. The van der Waals surface area contributed by atoms with Gasteiger partial charge in [0.1, 0.15) is 0 Å². The van der Waals surface area contributed by atoms with Gasteiger partial charge in [0.2, 0.25) is 5.91 Å². The lowest BCUT2D eigenvalue weighted by molar-refractivity contribution is -0.130. The Morgan fingerprint density at radius 2 is 2.24 bits per heavy atom. The van der Waals surface area contributed by atoms with Gasteiger partial charge in [-0.1, -0.05) is 11.6 Å². The van der Waals surface area contributed by atoms with Crippen LogP contribution in [-0.4, -0.2) is 52.9 Å². The molecule has 1 aromatic carbocycles. The second-order valence-corrected chi connectivity index (χ2v) is 6.95. The highest BCUT2D eigenvalue weighted by Gasteiger charge is 2.27. The number of likely N-dealkylation sites (N-methyl/N-ethyl adjacent to an activating group) is 1. The number of piperidine rings is 1. The zero-order valence-corrected chi connectivity index (χ0v) is 15.3. The van der Waals surface area contributed by atoms with Gasteiger partial charge in [0.25, 0.3) is 0 Å². The summed E-state index contributed by atoms with van der Waals surface area (Å²) in [5, 5.41) is 4.60. The second kappa shape index (κ2) is 7.35. The Balaban J connectivity index is 1.61. The number of halogens is 1. The van der Waals surface area contributed by atoms with Crippen LogP contribution in [0.3, 0.4) is 0 Å². The van der Waals surface area contributed by atoms with Crippen LogP contribution in [0, 0.1) is 0 Å². The third-order valence-electron chi connectivity index (χ3n) is 4.86. The Labute approximate surface area is 152 Å². The van der Waals surface area contributed by atoms with Gasteiger partial charge < -0.3 is 20.1 Å². The van der Waals surface area contributed by atoms with Crippen molar-refractivity contribution in [3.05, 3.63) is 35.0 Å². The monoisotopic (exact) mass is 362 g/mol. The predicted octanol–water partition coefficient (Wildman–Crippen LogP) is 2.97. The van der Waals surface area contributed by atoms with E-state index >= 15 is 0 Å². The van der Waals surface area contributed by atoms with E-state index in [-0.39, 0.29) is 18.0 Å². The minimum absolute atomic E-state index is 0.0407. The molecule has 1 atom stereocenters. The third kappa shape index (κ3) is 3.90. The summed E-state index contributed by atoms with van der Waals surface area (Å²) >= 11 is 6.30. The highest BCUT2D eigenvalue weighted by molar-refractivity contribution is 6.32. The molecule has 0 bridgehead atoms. The zero-order valence-electron chi connectivity index (χ0n) is 14.5. The predicted molar refractivity (Wildman–Crippen MR) is 98.6 cm³/mol. The number of urea groups is 1. The van der Waals surface area contributed by atoms with Crippen molar-refractivity contribution in [1.82, 2.24) is 20.1 Å². The van der Waals surface area contributed by atoms with E-state index in [1.54, 1.807) is 23.8 Å². The molecule has 2 N–H and O–H groups in total. The summed E-state index contributed by atoms with van der Waals surface area (Å²) in [6.07, 6.45) is 3.68. The molecule has 0 spiro atoms. The Kier molecular flexibility index (Phi) is 5.18. The van der Waals surface area contributed by atoms with Gasteiger partial charge >= 0.3 is 6.03 Å². The Hall–Kier alpha value is -2.21. The minimum Gasteiger partial charge on any atom is -0.361 e. The van der Waals surface area contributed by atoms with Gasteiger partial charge in [-0.2, -0.15) is 0 Å². The second-order valence-electron chi connectivity index (χ2n) is 6.54. The van der Waals surface area contributed by atoms with Gasteiger partial charge in [-0.05, 0) is 36.6 Å². The molecule has 1 aliphatic heterocycles. The molecule has 0 unspecified atom stereocenters. The number of likely N-dealkylation sites (tertiary alicyclic amines) is 1. The molecule has 0 saturated carbocycles. The molecular formula is C18H23ClN4O2. The van der Waals surface area contributed by atoms with E-state index < -0.39 is 0 Å². The fourth-order valence-corrected chi connectivity index (χ4v) is 3.51. The summed E-state index contributed by atoms with van der Waals surface area (Å²) in [7, 11) is 1.78. The summed E-state index contributed by atoms with van der Waals surface area (Å²) in [6.45, 7) is 3.29. The number of rotatable bonds is 3. The SMILES string of the molecule is CC(=O)N1CCC[C@@H](N(C)C(=O)NCc2cc3[nH]ccc3cc2Cl)C1. The van der Waals surface area contributed by atoms with Crippen LogP contribution in [0.4, 0.5) is 4.79 Å². The average Bonchev–Trinajstić information content (AvgIpc) is 3.05. The molecule has 0 aliphatic carbocycles. The van der Waals surface area contributed by atoms with Crippen molar-refractivity contribution in [1.29, 1.82) is 0 Å². The lowest BCUT2D eigenvalue weighted by Crippen LogP contribution is -2.52. The van der Waals surface area contributed by atoms with Crippen molar-refractivity contribution in [2.24, 2.45) is 0 Å². The molecule has 134 valence electrons. The Morgan fingerprint density at radius 3 is 3.00 bits per heavy atom. The first kappa shape index (κ1) is 17.6. The molecule has 2 aromatic rings. The normalized spacial score (nSPS) is 17.6. The fourth-order valence-electron chi connectivity index (χ4n) is 3.27. The number of nitrogens with one attached hydrogen (secondary N) is 2. The van der Waals surface area contributed by atoms with E-state index in [2.05, 4.69) is 10.3 Å². The number of fused-ring (bicyclic) bond motifs is 1. The number of nitrogens with zero attached hydrogens (tertiary/aromatic N) is 2. The van der Waals surface area contributed by atoms with Crippen LogP contribution in [0.15, 0.2) is 24.4 Å². The lowest BCUT2D eigenvalue weighted by atomic mass is 10.0. The first-order valence-electron chi connectivity index (χ1n) is 8.47. The number of amides is 3. The summed E-state index contributed by atoms with van der Waals surface area (Å²) in [5.41, 5.74) is 1.86. The summed E-state index contributed by atoms with van der Waals surface area (Å²) in [6, 6.07) is 5.69. The van der Waals surface area contributed by atoms with E-state index in [9.17, 15) is 9.59 Å². The van der Waals surface area contributed by atoms with Gasteiger partial charge in [0.05, 0.1) is 6.04 Å². The van der Waals surface area contributed by atoms with Crippen LogP contribution >= 0.6 is 11.6 Å². The van der Waals surface area contributed by atoms with E-state index in [4.69, 9.17) is 11.6 Å². The van der Waals surface area contributed by atoms with Crippen LogP contribution in [0.5, 0.6) is 0 Å². The molecule has 0 radical (unpaired) electrons. The molecular weight excluding hydrogens is 340 g/mol. The van der Waals surface area contributed by atoms with Crippen molar-refractivity contribution in [3.63, 3.8) is 0 Å². The van der Waals surface area contributed by atoms with Gasteiger partial charge in [-0.3, -0.25) is 4.79 Å². The number of aromatic nitrogens is 1. The maximum Gasteiger partial charge on any atom is 0.317 e. The number of benzene rings is 1. The topological polar surface area (TPSA) is 68.4 Å². The maximum atomic E-state index is 12.5. The molecule has 7 heteroatoms. The quantitative estimate of drug-likeness (QED) is 0.881. The Morgan fingerprint density at radius 1 is 1.44 bits per heavy atom. The van der Waals surface area contributed by atoms with E-state index in [0.717, 1.165) is 35.9 Å². The highest BCUT2D eigenvalue weighted by Crippen LogP contribution is 2.23. The number of carbonyl (C=O) groups excluding carboxylic acids is 2. The van der Waals surface area contributed by atoms with Crippen molar-refractivity contribution in [3.8, 4) is 0 Å². The Bertz CT molecular complexity index is 788. The van der Waals surface area contributed by atoms with Crippen LogP contribution in [0.2, 0.25) is 5.02 Å². The summed E-state index contributed by atoms with van der Waals surface area (Å²) in [5.74, 6) is 0.0598. The maximum absolute atomic E-state index is 12.5. The van der Waals surface area contributed by atoms with E-state index in [1.165, 1.54) is 0 Å². The standard InChI is InChI=1S/C18H23ClN4O2/c1-12(24)23-7-3-4-15(11-23)22(2)18(25)21-10-14-9-17-13(5-6-20-17)8-16(14)19/h5-6,8-9,15,20H,3-4,7,10-11H2,1-2H3,(H,21,25)/t15-/m1/s1. The number of hydrogen-bond acceptors (Lipinski definition) is 2. The molecule has 3 rings (SSSR count).